The van der Waals surface area contributed by atoms with Gasteiger partial charge in [0.05, 0.1) is 5.56 Å². The monoisotopic (exact) mass is 431 g/mol. The lowest BCUT2D eigenvalue weighted by atomic mass is 10.0. The average Bonchev–Trinajstić information content (AvgIpc) is 2.89. The van der Waals surface area contributed by atoms with Crippen molar-refractivity contribution in [1.82, 2.24) is 9.47 Å². The van der Waals surface area contributed by atoms with Crippen molar-refractivity contribution >= 4 is 21.6 Å². The molecule has 1 aliphatic heterocycles. The Kier molecular flexibility index (Phi) is 6.60. The molecule has 0 radical (unpaired) electrons. The largest absolute Gasteiger partial charge is 0.350 e. The van der Waals surface area contributed by atoms with Crippen molar-refractivity contribution in [1.29, 1.82) is 0 Å². The first-order valence-electron chi connectivity index (χ1n) is 10.7. The Morgan fingerprint density at radius 2 is 1.53 bits per heavy atom. The standard InChI is InChI=1S/C23H33N3O3S/c1-16(2)19-10-12-20(13-11-19)24-30(28,29)22-18(4)25(5)17(3)21(22)23(27)26-14-8-6-7-9-15-26/h10-13,16,24H,6-9,14-15H2,1-5H3. The summed E-state index contributed by atoms with van der Waals surface area (Å²) in [4.78, 5) is 15.3. The molecule has 1 aromatic heterocycles. The Balaban J connectivity index is 1.99. The molecule has 3 rings (SSSR count). The second-order valence-corrected chi connectivity index (χ2v) is 10.1. The lowest BCUT2D eigenvalue weighted by Crippen LogP contribution is -2.33. The molecule has 7 heteroatoms. The second kappa shape index (κ2) is 8.84. The molecule has 1 aliphatic rings. The highest BCUT2D eigenvalue weighted by atomic mass is 32.2. The SMILES string of the molecule is Cc1c(C(=O)N2CCCCCC2)c(S(=O)(=O)Nc2ccc(C(C)C)cc2)c(C)n1C. The summed E-state index contributed by atoms with van der Waals surface area (Å²) >= 11 is 0. The van der Waals surface area contributed by atoms with Gasteiger partial charge in [0.1, 0.15) is 4.90 Å². The molecule has 0 unspecified atom stereocenters. The van der Waals surface area contributed by atoms with Crippen molar-refractivity contribution in [3.8, 4) is 0 Å². The molecule has 1 aromatic carbocycles. The number of sulfonamides is 1. The molecule has 2 heterocycles. The van der Waals surface area contributed by atoms with Gasteiger partial charge in [0.15, 0.2) is 0 Å². The van der Waals surface area contributed by atoms with Crippen LogP contribution >= 0.6 is 0 Å². The fraction of sp³-hybridized carbons (Fsp3) is 0.522. The molecule has 1 N–H and O–H groups in total. The van der Waals surface area contributed by atoms with Gasteiger partial charge < -0.3 is 9.47 Å². The molecule has 1 fully saturated rings. The summed E-state index contributed by atoms with van der Waals surface area (Å²) in [7, 11) is -2.11. The van der Waals surface area contributed by atoms with E-state index < -0.39 is 10.0 Å². The normalized spacial score (nSPS) is 15.3. The summed E-state index contributed by atoms with van der Waals surface area (Å²) in [5.74, 6) is 0.182. The first-order chi connectivity index (χ1) is 14.1. The van der Waals surface area contributed by atoms with Crippen LogP contribution in [0.15, 0.2) is 29.2 Å². The van der Waals surface area contributed by atoms with Gasteiger partial charge in [-0.3, -0.25) is 9.52 Å². The van der Waals surface area contributed by atoms with E-state index in [1.54, 1.807) is 30.7 Å². The van der Waals surface area contributed by atoms with E-state index in [0.717, 1.165) is 31.2 Å². The number of anilines is 1. The predicted molar refractivity (Wildman–Crippen MR) is 121 cm³/mol. The maximum Gasteiger partial charge on any atom is 0.264 e. The van der Waals surface area contributed by atoms with Crippen molar-refractivity contribution in [3.63, 3.8) is 0 Å². The van der Waals surface area contributed by atoms with E-state index >= 15 is 0 Å². The van der Waals surface area contributed by atoms with Gasteiger partial charge in [-0.05, 0) is 50.3 Å². The van der Waals surface area contributed by atoms with Crippen LogP contribution in [0.1, 0.15) is 72.8 Å². The molecule has 0 spiro atoms. The minimum atomic E-state index is -3.92. The Bertz CT molecular complexity index is 1010. The molecule has 1 saturated heterocycles. The smallest absolute Gasteiger partial charge is 0.264 e. The third kappa shape index (κ3) is 4.41. The molecule has 6 nitrogen and oxygen atoms in total. The van der Waals surface area contributed by atoms with Crippen LogP contribution in [0.25, 0.3) is 0 Å². The van der Waals surface area contributed by atoms with Gasteiger partial charge in [-0.2, -0.15) is 0 Å². The highest BCUT2D eigenvalue weighted by Gasteiger charge is 2.33. The third-order valence-corrected chi connectivity index (χ3v) is 7.67. The van der Waals surface area contributed by atoms with E-state index in [1.807, 2.05) is 24.0 Å². The van der Waals surface area contributed by atoms with E-state index in [4.69, 9.17) is 0 Å². The van der Waals surface area contributed by atoms with Crippen LogP contribution in [0.2, 0.25) is 0 Å². The van der Waals surface area contributed by atoms with E-state index in [2.05, 4.69) is 18.6 Å². The van der Waals surface area contributed by atoms with Gasteiger partial charge >= 0.3 is 0 Å². The van der Waals surface area contributed by atoms with Crippen LogP contribution in [0.3, 0.4) is 0 Å². The van der Waals surface area contributed by atoms with Crippen molar-refractivity contribution in [3.05, 3.63) is 46.8 Å². The zero-order valence-electron chi connectivity index (χ0n) is 18.7. The van der Waals surface area contributed by atoms with Gasteiger partial charge in [-0.15, -0.1) is 0 Å². The molecule has 0 bridgehead atoms. The summed E-state index contributed by atoms with van der Waals surface area (Å²) in [5.41, 5.74) is 3.17. The maximum atomic E-state index is 13.4. The van der Waals surface area contributed by atoms with E-state index in [9.17, 15) is 13.2 Å². The molecule has 0 aliphatic carbocycles. The van der Waals surface area contributed by atoms with Crippen molar-refractivity contribution in [2.24, 2.45) is 7.05 Å². The van der Waals surface area contributed by atoms with Crippen molar-refractivity contribution in [2.75, 3.05) is 17.8 Å². The maximum absolute atomic E-state index is 13.4. The number of benzene rings is 1. The Morgan fingerprint density at radius 1 is 0.967 bits per heavy atom. The lowest BCUT2D eigenvalue weighted by molar-refractivity contribution is 0.0757. The zero-order valence-corrected chi connectivity index (χ0v) is 19.5. The Hall–Kier alpha value is -2.28. The Morgan fingerprint density at radius 3 is 2.07 bits per heavy atom. The Labute approximate surface area is 180 Å². The molecule has 1 amide bonds. The summed E-state index contributed by atoms with van der Waals surface area (Å²) < 4.78 is 31.2. The summed E-state index contributed by atoms with van der Waals surface area (Å²) in [6, 6.07) is 7.40. The lowest BCUT2D eigenvalue weighted by Gasteiger charge is -2.21. The third-order valence-electron chi connectivity index (χ3n) is 6.13. The summed E-state index contributed by atoms with van der Waals surface area (Å²) in [6.45, 7) is 9.11. The van der Waals surface area contributed by atoms with Gasteiger partial charge in [0.2, 0.25) is 0 Å². The molecule has 0 atom stereocenters. The first kappa shape index (κ1) is 22.4. The number of hydrogen-bond acceptors (Lipinski definition) is 3. The van der Waals surface area contributed by atoms with Gasteiger partial charge in [-0.1, -0.05) is 38.8 Å². The highest BCUT2D eigenvalue weighted by molar-refractivity contribution is 7.92. The average molecular weight is 432 g/mol. The van der Waals surface area contributed by atoms with Gasteiger partial charge in [0.25, 0.3) is 15.9 Å². The summed E-state index contributed by atoms with van der Waals surface area (Å²) in [6.07, 6.45) is 4.13. The zero-order chi connectivity index (χ0) is 22.1. The number of amides is 1. The number of likely N-dealkylation sites (tertiary alicyclic amines) is 1. The van der Waals surface area contributed by atoms with E-state index in [-0.39, 0.29) is 10.8 Å². The fourth-order valence-electron chi connectivity index (χ4n) is 4.07. The number of aromatic nitrogens is 1. The van der Waals surface area contributed by atoms with Gasteiger partial charge in [-0.25, -0.2) is 8.42 Å². The second-order valence-electron chi connectivity index (χ2n) is 8.52. The predicted octanol–water partition coefficient (Wildman–Crippen LogP) is 4.58. The van der Waals surface area contributed by atoms with E-state index in [1.165, 1.54) is 0 Å². The minimum absolute atomic E-state index is 0.0877. The van der Waals surface area contributed by atoms with Crippen LogP contribution in [0, 0.1) is 13.8 Å². The fourth-order valence-corrected chi connectivity index (χ4v) is 5.65. The number of hydrogen-bond donors (Lipinski definition) is 1. The van der Waals surface area contributed by atoms with Crippen LogP contribution < -0.4 is 4.72 Å². The van der Waals surface area contributed by atoms with Crippen LogP contribution in [0.4, 0.5) is 5.69 Å². The quantitative estimate of drug-likeness (QED) is 0.753. The number of nitrogens with zero attached hydrogens (tertiary/aromatic N) is 2. The molecule has 30 heavy (non-hydrogen) atoms. The van der Waals surface area contributed by atoms with Crippen LogP contribution in [-0.2, 0) is 17.1 Å². The molecule has 164 valence electrons. The minimum Gasteiger partial charge on any atom is -0.350 e. The van der Waals surface area contributed by atoms with Crippen LogP contribution in [0.5, 0.6) is 0 Å². The number of carbonyl (C=O) groups excluding carboxylic acids is 1. The summed E-state index contributed by atoms with van der Waals surface area (Å²) in [5, 5.41) is 0. The highest BCUT2D eigenvalue weighted by Crippen LogP contribution is 2.30. The molecule has 0 saturated carbocycles. The van der Waals surface area contributed by atoms with Crippen molar-refractivity contribution < 1.29 is 13.2 Å². The number of carbonyl (C=O) groups is 1. The molecular formula is C23H33N3O3S. The molecule has 2 aromatic rings. The van der Waals surface area contributed by atoms with E-state index in [0.29, 0.717) is 41.6 Å². The number of rotatable bonds is 5. The first-order valence-corrected chi connectivity index (χ1v) is 12.2. The molecular weight excluding hydrogens is 398 g/mol. The van der Waals surface area contributed by atoms with Gasteiger partial charge in [0, 0.05) is 37.2 Å². The topological polar surface area (TPSA) is 71.4 Å². The van der Waals surface area contributed by atoms with Crippen molar-refractivity contribution in [2.45, 2.75) is 64.2 Å². The number of nitrogens with one attached hydrogen (secondary N) is 1. The van der Waals surface area contributed by atoms with Crippen LogP contribution in [-0.4, -0.2) is 36.9 Å².